The summed E-state index contributed by atoms with van der Waals surface area (Å²) in [5.41, 5.74) is 10.3. The zero-order valence-electron chi connectivity index (χ0n) is 28.9. The molecule has 3 aliphatic rings. The zero-order chi connectivity index (χ0) is 34.2. The van der Waals surface area contributed by atoms with Gasteiger partial charge in [0, 0.05) is 12.0 Å². The van der Waals surface area contributed by atoms with E-state index >= 15 is 0 Å². The van der Waals surface area contributed by atoms with Crippen molar-refractivity contribution in [1.29, 1.82) is 0 Å². The van der Waals surface area contributed by atoms with Gasteiger partial charge in [-0.2, -0.15) is 5.69 Å². The van der Waals surface area contributed by atoms with Gasteiger partial charge in [0.05, 0.1) is 56.1 Å². The van der Waals surface area contributed by atoms with Crippen molar-refractivity contribution >= 4 is 51.2 Å². The van der Waals surface area contributed by atoms with Crippen molar-refractivity contribution in [3.05, 3.63) is 81.7 Å². The first-order valence-corrected chi connectivity index (χ1v) is 15.7. The molecule has 8 bridgehead atoms. The minimum absolute atomic E-state index is 0. The van der Waals surface area contributed by atoms with Gasteiger partial charge in [-0.1, -0.05) is 55.8 Å². The van der Waals surface area contributed by atoms with Crippen LogP contribution < -0.4 is 9.97 Å². The summed E-state index contributed by atoms with van der Waals surface area (Å²) >= 11 is 0. The number of ether oxygens (including phenoxy) is 3. The van der Waals surface area contributed by atoms with Crippen LogP contribution in [0.2, 0.25) is 0 Å². The predicted octanol–water partition coefficient (Wildman–Crippen LogP) is 5.94. The maximum absolute atomic E-state index is 13.4. The van der Waals surface area contributed by atoms with Crippen molar-refractivity contribution in [2.24, 2.45) is 0 Å². The van der Waals surface area contributed by atoms with Crippen LogP contribution in [-0.4, -0.2) is 49.2 Å². The third kappa shape index (κ3) is 6.64. The molecule has 3 aliphatic heterocycles. The average molecular weight is 837 g/mol. The number of hydrogen-bond donors (Lipinski definition) is 0. The molecule has 10 nitrogen and oxygen atoms in total. The van der Waals surface area contributed by atoms with E-state index < -0.39 is 11.9 Å². The SMILES string of the molecule is C=CC1=C(C)c2cc3[n-]c(c(CC(=O)OC)c4nc(cc5[n-]c(cc1n2)c(C)c5CC)C(C)=C4C(=O)OC)C(CCC(=O)OC)C3C.[Hg+2]. The van der Waals surface area contributed by atoms with E-state index in [0.29, 0.717) is 34.6 Å². The summed E-state index contributed by atoms with van der Waals surface area (Å²) in [6.07, 6.45) is 2.86. The summed E-state index contributed by atoms with van der Waals surface area (Å²) in [6, 6.07) is 5.80. The van der Waals surface area contributed by atoms with Gasteiger partial charge in [-0.05, 0) is 62.2 Å². The number of methoxy groups -OCH3 is 3. The van der Waals surface area contributed by atoms with Crippen LogP contribution >= 0.6 is 0 Å². The smallest absolute Gasteiger partial charge is 0.664 e. The van der Waals surface area contributed by atoms with E-state index in [-0.39, 0.29) is 63.9 Å². The van der Waals surface area contributed by atoms with Gasteiger partial charge < -0.3 is 24.2 Å². The number of rotatable bonds is 8. The molecule has 246 valence electrons. The Morgan fingerprint density at radius 1 is 0.875 bits per heavy atom. The van der Waals surface area contributed by atoms with Crippen molar-refractivity contribution in [3.8, 4) is 0 Å². The molecule has 2 atom stereocenters. The third-order valence-corrected chi connectivity index (χ3v) is 9.40. The van der Waals surface area contributed by atoms with E-state index in [1.165, 1.54) is 21.3 Å². The van der Waals surface area contributed by atoms with Gasteiger partial charge >= 0.3 is 45.6 Å². The largest absolute Gasteiger partial charge is 2.00 e. The average Bonchev–Trinajstić information content (AvgIpc) is 3.74. The number of allylic oxidation sites excluding steroid dienone is 4. The number of aromatic nitrogens is 4. The number of carbonyl (C=O) groups excluding carboxylic acids is 3. The second kappa shape index (κ2) is 15.0. The molecule has 5 rings (SSSR count). The molecular formula is C37H40HgN4O6. The Labute approximate surface area is 301 Å². The molecule has 0 N–H and O–H groups in total. The van der Waals surface area contributed by atoms with Crippen molar-refractivity contribution in [1.82, 2.24) is 19.9 Å². The van der Waals surface area contributed by atoms with Gasteiger partial charge in [0.15, 0.2) is 0 Å². The quantitative estimate of drug-likeness (QED) is 0.179. The molecule has 2 aromatic rings. The summed E-state index contributed by atoms with van der Waals surface area (Å²) in [5.74, 6) is -1.95. The minimum atomic E-state index is -0.587. The molecule has 0 aromatic carbocycles. The van der Waals surface area contributed by atoms with E-state index in [9.17, 15) is 14.4 Å². The van der Waals surface area contributed by atoms with Crippen LogP contribution in [0.1, 0.15) is 103 Å². The third-order valence-electron chi connectivity index (χ3n) is 9.40. The molecule has 48 heavy (non-hydrogen) atoms. The zero-order valence-corrected chi connectivity index (χ0v) is 34.4. The Kier molecular flexibility index (Phi) is 11.5. The standard InChI is InChI=1S/C37H41N4O6.Hg/c1-10-22-18(3)26-15-28-20(5)24(12-13-32(42)45-7)35(40-28)25(14-33(43)46-8)36-34(37(44)47-9)21(6)29(41-36)17-31-23(11-2)19(4)27(39-31)16-30(22)38-26;/h10,15-17,20,24H,1,11-14H2,2-9H3,(H-,38,39,40,41,44);/q-1;+2/p-1. The van der Waals surface area contributed by atoms with Crippen LogP contribution in [0.4, 0.5) is 0 Å². The van der Waals surface area contributed by atoms with Crippen LogP contribution in [-0.2, 0) is 69.1 Å². The number of nitrogens with zero attached hydrogens (tertiary/aromatic N) is 4. The Balaban J connectivity index is 0.00000520. The van der Waals surface area contributed by atoms with E-state index in [1.807, 2.05) is 39.0 Å². The molecule has 0 aliphatic carbocycles. The topological polar surface area (TPSA) is 133 Å². The maximum Gasteiger partial charge on any atom is 2.00 e. The van der Waals surface area contributed by atoms with Crippen LogP contribution in [0.15, 0.2) is 30.9 Å². The van der Waals surface area contributed by atoms with E-state index in [0.717, 1.165) is 56.8 Å². The number of fused-ring (bicyclic) bond motifs is 8. The van der Waals surface area contributed by atoms with Crippen molar-refractivity contribution in [2.75, 3.05) is 21.3 Å². The molecule has 0 amide bonds. The fourth-order valence-corrected chi connectivity index (χ4v) is 6.62. The molecule has 0 saturated carbocycles. The normalized spacial score (nSPS) is 16.2. The Bertz CT molecular complexity index is 1950. The first-order valence-electron chi connectivity index (χ1n) is 15.7. The minimum Gasteiger partial charge on any atom is -0.664 e. The number of esters is 3. The molecular weight excluding hydrogens is 797 g/mol. The second-order valence-electron chi connectivity index (χ2n) is 11.9. The van der Waals surface area contributed by atoms with Gasteiger partial charge in [0.25, 0.3) is 0 Å². The summed E-state index contributed by atoms with van der Waals surface area (Å²) in [7, 11) is 3.97. The Hall–Kier alpha value is -4.05. The molecule has 0 spiro atoms. The van der Waals surface area contributed by atoms with Gasteiger partial charge in [-0.3, -0.25) is 9.59 Å². The molecule has 11 heteroatoms. The van der Waals surface area contributed by atoms with Crippen molar-refractivity contribution < 1.29 is 56.3 Å². The van der Waals surface area contributed by atoms with Crippen LogP contribution in [0.3, 0.4) is 0 Å². The monoisotopic (exact) mass is 838 g/mol. The Morgan fingerprint density at radius 2 is 1.54 bits per heavy atom. The molecule has 0 fully saturated rings. The second-order valence-corrected chi connectivity index (χ2v) is 11.9. The summed E-state index contributed by atoms with van der Waals surface area (Å²) < 4.78 is 15.3. The Morgan fingerprint density at radius 3 is 2.17 bits per heavy atom. The molecule has 2 unspecified atom stereocenters. The predicted molar refractivity (Wildman–Crippen MR) is 180 cm³/mol. The van der Waals surface area contributed by atoms with E-state index in [2.05, 4.69) is 13.5 Å². The van der Waals surface area contributed by atoms with Crippen LogP contribution in [0, 0.1) is 6.92 Å². The van der Waals surface area contributed by atoms with E-state index in [1.54, 1.807) is 13.0 Å². The molecule has 2 aromatic heterocycles. The van der Waals surface area contributed by atoms with E-state index in [4.69, 9.17) is 34.1 Å². The first-order chi connectivity index (χ1) is 22.5. The number of carbonyl (C=O) groups is 3. The van der Waals surface area contributed by atoms with Gasteiger partial charge in [-0.25, -0.2) is 14.8 Å². The van der Waals surface area contributed by atoms with Crippen molar-refractivity contribution in [2.45, 2.75) is 72.1 Å². The van der Waals surface area contributed by atoms with Crippen LogP contribution in [0.25, 0.3) is 33.3 Å². The number of aryl methyl sites for hydroxylation is 2. The van der Waals surface area contributed by atoms with Gasteiger partial charge in [-0.15, -0.1) is 16.7 Å². The fraction of sp³-hybridized carbons (Fsp3) is 0.378. The van der Waals surface area contributed by atoms with Gasteiger partial charge in [0.1, 0.15) is 0 Å². The summed E-state index contributed by atoms with van der Waals surface area (Å²) in [6.45, 7) is 14.0. The summed E-state index contributed by atoms with van der Waals surface area (Å²) in [4.78, 5) is 58.9. The number of hydrogen-bond acceptors (Lipinski definition) is 8. The molecule has 0 radical (unpaired) electrons. The fourth-order valence-electron chi connectivity index (χ4n) is 6.62. The first kappa shape index (κ1) is 36.8. The maximum atomic E-state index is 13.4. The van der Waals surface area contributed by atoms with Crippen molar-refractivity contribution in [3.63, 3.8) is 0 Å². The summed E-state index contributed by atoms with van der Waals surface area (Å²) in [5, 5.41) is 0. The van der Waals surface area contributed by atoms with Gasteiger partial charge in [0.2, 0.25) is 0 Å². The van der Waals surface area contributed by atoms with Crippen LogP contribution in [0.5, 0.6) is 0 Å². The molecule has 0 saturated heterocycles. The molecule has 5 heterocycles.